The number of rotatable bonds is 1. The molecule has 0 aromatic heterocycles. The predicted molar refractivity (Wildman–Crippen MR) is 48.2 cm³/mol. The van der Waals surface area contributed by atoms with Crippen LogP contribution in [0.2, 0.25) is 0 Å². The topological polar surface area (TPSA) is 37.3 Å². The first-order valence-corrected chi connectivity index (χ1v) is 5.35. The van der Waals surface area contributed by atoms with Crippen LogP contribution in [0.15, 0.2) is 0 Å². The number of hydrogen-bond donors (Lipinski definition) is 1. The van der Waals surface area contributed by atoms with Crippen LogP contribution in [0.1, 0.15) is 39.0 Å². The van der Waals surface area contributed by atoms with Gasteiger partial charge in [0, 0.05) is 0 Å². The van der Waals surface area contributed by atoms with Gasteiger partial charge >= 0.3 is 5.97 Å². The van der Waals surface area contributed by atoms with Crippen molar-refractivity contribution in [3.8, 4) is 0 Å². The van der Waals surface area contributed by atoms with Crippen molar-refractivity contribution >= 4 is 5.97 Å². The molecule has 3 aliphatic rings. The number of carbonyl (C=O) groups is 1. The second-order valence-corrected chi connectivity index (χ2v) is 5.37. The Morgan fingerprint density at radius 1 is 1.31 bits per heavy atom. The summed E-state index contributed by atoms with van der Waals surface area (Å²) in [5.41, 5.74) is -0.127. The van der Waals surface area contributed by atoms with Crippen LogP contribution in [-0.2, 0) is 4.79 Å². The summed E-state index contributed by atoms with van der Waals surface area (Å²) in [5.74, 6) is 0.702. The van der Waals surface area contributed by atoms with Crippen LogP contribution in [0.25, 0.3) is 0 Å². The second-order valence-electron chi connectivity index (χ2n) is 5.37. The van der Waals surface area contributed by atoms with Gasteiger partial charge in [-0.3, -0.25) is 4.79 Å². The van der Waals surface area contributed by atoms with Crippen LogP contribution in [0, 0.1) is 22.7 Å². The average Bonchev–Trinajstić information content (AvgIpc) is 2.67. The molecule has 0 heterocycles. The average molecular weight is 180 g/mol. The molecule has 0 unspecified atom stereocenters. The number of hydrogen-bond acceptors (Lipinski definition) is 1. The molecular weight excluding hydrogens is 164 g/mol. The monoisotopic (exact) mass is 180 g/mol. The lowest BCUT2D eigenvalue weighted by Gasteiger charge is -2.38. The van der Waals surface area contributed by atoms with Crippen LogP contribution < -0.4 is 0 Å². The smallest absolute Gasteiger partial charge is 0.310 e. The summed E-state index contributed by atoms with van der Waals surface area (Å²) in [6.07, 6.45) is 6.01. The van der Waals surface area contributed by atoms with E-state index >= 15 is 0 Å². The molecule has 3 atom stereocenters. The van der Waals surface area contributed by atoms with E-state index in [9.17, 15) is 9.90 Å². The molecule has 0 amide bonds. The zero-order valence-corrected chi connectivity index (χ0v) is 8.05. The van der Waals surface area contributed by atoms with Gasteiger partial charge < -0.3 is 5.11 Å². The molecule has 2 bridgehead atoms. The van der Waals surface area contributed by atoms with Crippen LogP contribution in [-0.4, -0.2) is 11.1 Å². The highest BCUT2D eigenvalue weighted by molar-refractivity contribution is 5.77. The van der Waals surface area contributed by atoms with Gasteiger partial charge in [-0.1, -0.05) is 0 Å². The molecule has 3 saturated carbocycles. The molecule has 0 aromatic carbocycles. The number of aliphatic carboxylic acids is 1. The number of carboxylic acid groups (broad SMARTS) is 1. The fourth-order valence-corrected chi connectivity index (χ4v) is 4.29. The van der Waals surface area contributed by atoms with E-state index in [-0.39, 0.29) is 10.8 Å². The number of fused-ring (bicyclic) bond motifs is 3. The van der Waals surface area contributed by atoms with Gasteiger partial charge in [-0.2, -0.15) is 0 Å². The van der Waals surface area contributed by atoms with Gasteiger partial charge in [-0.15, -0.1) is 0 Å². The summed E-state index contributed by atoms with van der Waals surface area (Å²) in [4.78, 5) is 11.4. The van der Waals surface area contributed by atoms with E-state index in [4.69, 9.17) is 0 Å². The van der Waals surface area contributed by atoms with Crippen molar-refractivity contribution in [2.24, 2.45) is 22.7 Å². The van der Waals surface area contributed by atoms with Gasteiger partial charge in [0.2, 0.25) is 0 Å². The minimum atomic E-state index is -0.530. The Labute approximate surface area is 78.3 Å². The third-order valence-corrected chi connectivity index (χ3v) is 5.30. The summed E-state index contributed by atoms with van der Waals surface area (Å²) in [5, 5.41) is 9.37. The van der Waals surface area contributed by atoms with Gasteiger partial charge in [-0.05, 0) is 56.3 Å². The third-order valence-electron chi connectivity index (χ3n) is 5.30. The standard InChI is InChI=1S/C11H16O2/c1-10(9(12)13)7-2-3-8(6-7)11(10)4-5-11/h7-8H,2-6H2,1H3,(H,12,13)/t7-,8+,10+/m1/s1. The van der Waals surface area contributed by atoms with Gasteiger partial charge in [0.15, 0.2) is 0 Å². The highest BCUT2D eigenvalue weighted by Gasteiger charge is 2.73. The molecule has 72 valence electrons. The quantitative estimate of drug-likeness (QED) is 0.672. The maximum Gasteiger partial charge on any atom is 0.310 e. The molecule has 2 nitrogen and oxygen atoms in total. The minimum Gasteiger partial charge on any atom is -0.481 e. The maximum absolute atomic E-state index is 11.4. The molecule has 1 N–H and O–H groups in total. The first-order chi connectivity index (χ1) is 6.11. The second kappa shape index (κ2) is 1.94. The van der Waals surface area contributed by atoms with Gasteiger partial charge in [0.25, 0.3) is 0 Å². The Hall–Kier alpha value is -0.530. The zero-order chi connectivity index (χ0) is 9.27. The lowest BCUT2D eigenvalue weighted by atomic mass is 9.65. The van der Waals surface area contributed by atoms with Crippen molar-refractivity contribution in [3.05, 3.63) is 0 Å². The molecule has 0 saturated heterocycles. The molecular formula is C11H16O2. The molecule has 3 fully saturated rings. The predicted octanol–water partition coefficient (Wildman–Crippen LogP) is 2.29. The molecule has 3 aliphatic carbocycles. The molecule has 0 radical (unpaired) electrons. The summed E-state index contributed by atoms with van der Waals surface area (Å²) < 4.78 is 0. The van der Waals surface area contributed by atoms with Crippen molar-refractivity contribution in [2.75, 3.05) is 0 Å². The summed E-state index contributed by atoms with van der Waals surface area (Å²) in [6, 6.07) is 0. The Kier molecular flexibility index (Phi) is 1.17. The van der Waals surface area contributed by atoms with Crippen molar-refractivity contribution < 1.29 is 9.90 Å². The molecule has 0 aliphatic heterocycles. The van der Waals surface area contributed by atoms with Gasteiger partial charge in [0.1, 0.15) is 0 Å². The highest BCUT2D eigenvalue weighted by Crippen LogP contribution is 2.77. The third kappa shape index (κ3) is 0.628. The molecule has 3 rings (SSSR count). The highest BCUT2D eigenvalue weighted by atomic mass is 16.4. The number of carboxylic acids is 1. The molecule has 2 heteroatoms. The fourth-order valence-electron chi connectivity index (χ4n) is 4.29. The maximum atomic E-state index is 11.4. The minimum absolute atomic E-state index is 0.238. The normalized spacial score (nSPS) is 49.9. The fraction of sp³-hybridized carbons (Fsp3) is 0.909. The first kappa shape index (κ1) is 7.84. The molecule has 13 heavy (non-hydrogen) atoms. The van der Waals surface area contributed by atoms with Crippen LogP contribution in [0.3, 0.4) is 0 Å². The van der Waals surface area contributed by atoms with Crippen molar-refractivity contribution in [1.82, 2.24) is 0 Å². The SMILES string of the molecule is C[C@@]1(C(=O)O)[C@@H]2CC[C@@H](C2)C12CC2. The van der Waals surface area contributed by atoms with E-state index in [0.29, 0.717) is 5.92 Å². The van der Waals surface area contributed by atoms with Crippen molar-refractivity contribution in [2.45, 2.75) is 39.0 Å². The van der Waals surface area contributed by atoms with E-state index in [1.54, 1.807) is 0 Å². The molecule has 0 aromatic rings. The lowest BCUT2D eigenvalue weighted by molar-refractivity contribution is -0.156. The van der Waals surface area contributed by atoms with Crippen molar-refractivity contribution in [1.29, 1.82) is 0 Å². The van der Waals surface area contributed by atoms with Crippen LogP contribution >= 0.6 is 0 Å². The largest absolute Gasteiger partial charge is 0.481 e. The van der Waals surface area contributed by atoms with Gasteiger partial charge in [0.05, 0.1) is 5.41 Å². The van der Waals surface area contributed by atoms with E-state index < -0.39 is 5.97 Å². The Morgan fingerprint density at radius 3 is 2.38 bits per heavy atom. The van der Waals surface area contributed by atoms with E-state index in [1.807, 2.05) is 6.92 Å². The Balaban J connectivity index is 2.08. The van der Waals surface area contributed by atoms with Crippen molar-refractivity contribution in [3.63, 3.8) is 0 Å². The van der Waals surface area contributed by atoms with E-state index in [0.717, 1.165) is 12.3 Å². The first-order valence-electron chi connectivity index (χ1n) is 5.35. The van der Waals surface area contributed by atoms with Crippen LogP contribution in [0.4, 0.5) is 0 Å². The Morgan fingerprint density at radius 2 is 1.92 bits per heavy atom. The van der Waals surface area contributed by atoms with E-state index in [2.05, 4.69) is 0 Å². The van der Waals surface area contributed by atoms with E-state index in [1.165, 1.54) is 25.7 Å². The summed E-state index contributed by atoms with van der Waals surface area (Å²) >= 11 is 0. The Bertz CT molecular complexity index is 280. The summed E-state index contributed by atoms with van der Waals surface area (Å²) in [7, 11) is 0. The van der Waals surface area contributed by atoms with Gasteiger partial charge in [-0.25, -0.2) is 0 Å². The lowest BCUT2D eigenvalue weighted by Crippen LogP contribution is -2.42. The zero-order valence-electron chi connectivity index (χ0n) is 8.05. The molecule has 1 spiro atoms. The van der Waals surface area contributed by atoms with Crippen LogP contribution in [0.5, 0.6) is 0 Å². The summed E-state index contributed by atoms with van der Waals surface area (Å²) in [6.45, 7) is 2.01.